The summed E-state index contributed by atoms with van der Waals surface area (Å²) in [7, 11) is 0. The van der Waals surface area contributed by atoms with Crippen molar-refractivity contribution in [3.8, 4) is 22.5 Å². The van der Waals surface area contributed by atoms with E-state index in [1.807, 2.05) is 0 Å². The molecule has 0 aliphatic carbocycles. The normalized spacial score (nSPS) is 10.7. The zero-order chi connectivity index (χ0) is 44.3. The second-order valence-corrected chi connectivity index (χ2v) is 12.8. The van der Waals surface area contributed by atoms with Crippen molar-refractivity contribution in [1.82, 2.24) is 9.35 Å². The molecule has 0 unspecified atom stereocenters. The monoisotopic (exact) mass is 832 g/mol. The molecule has 0 saturated heterocycles. The Balaban J connectivity index is 1.61. The van der Waals surface area contributed by atoms with Crippen LogP contribution in [0.3, 0.4) is 0 Å². The van der Waals surface area contributed by atoms with Gasteiger partial charge in [-0.25, -0.2) is 19.2 Å². The number of nitrogens with zero attached hydrogens (tertiary/aromatic N) is 4. The third-order valence-electron chi connectivity index (χ3n) is 8.97. The molecule has 0 spiro atoms. The SMILES string of the molecule is CCOC(=O)c1c(C(=O)OCC)c(-c2ccc([N+](=O)[O-])cc2)n(NC(=O)CCCCC(=O)Nn2c(C)c(C(=O)OCC)c(C(=O)OCC)c2-c2ccc([N+](=O)[O-])cc2)c1C. The molecule has 20 nitrogen and oxygen atoms in total. The van der Waals surface area contributed by atoms with Gasteiger partial charge in [0.25, 0.3) is 11.4 Å². The Morgan fingerprint density at radius 1 is 0.517 bits per heavy atom. The van der Waals surface area contributed by atoms with E-state index in [1.165, 1.54) is 71.7 Å². The van der Waals surface area contributed by atoms with Crippen LogP contribution in [0.4, 0.5) is 11.4 Å². The van der Waals surface area contributed by atoms with Crippen molar-refractivity contribution in [2.45, 2.75) is 67.2 Å². The van der Waals surface area contributed by atoms with Crippen LogP contribution in [-0.4, -0.2) is 81.3 Å². The van der Waals surface area contributed by atoms with Crippen molar-refractivity contribution in [3.63, 3.8) is 0 Å². The molecule has 60 heavy (non-hydrogen) atoms. The highest BCUT2D eigenvalue weighted by molar-refractivity contribution is 6.10. The molecule has 0 bridgehead atoms. The number of hydrogen-bond acceptors (Lipinski definition) is 14. The zero-order valence-corrected chi connectivity index (χ0v) is 33.8. The molecule has 4 rings (SSSR count). The maximum Gasteiger partial charge on any atom is 0.341 e. The molecule has 0 radical (unpaired) electrons. The number of amides is 2. The van der Waals surface area contributed by atoms with E-state index in [1.54, 1.807) is 27.7 Å². The van der Waals surface area contributed by atoms with Gasteiger partial charge < -0.3 is 18.9 Å². The summed E-state index contributed by atoms with van der Waals surface area (Å²) >= 11 is 0. The first-order valence-corrected chi connectivity index (χ1v) is 18.9. The number of rotatable bonds is 19. The Hall–Kier alpha value is -7.38. The fourth-order valence-corrected chi connectivity index (χ4v) is 6.33. The Bertz CT molecular complexity index is 2150. The first kappa shape index (κ1) is 45.3. The number of benzene rings is 2. The van der Waals surface area contributed by atoms with Crippen LogP contribution in [0.15, 0.2) is 48.5 Å². The smallest absolute Gasteiger partial charge is 0.341 e. The number of carbonyl (C=O) groups is 6. The number of nitro benzene ring substituents is 2. The summed E-state index contributed by atoms with van der Waals surface area (Å²) in [4.78, 5) is 101. The van der Waals surface area contributed by atoms with Crippen LogP contribution in [0.25, 0.3) is 22.5 Å². The van der Waals surface area contributed by atoms with Crippen molar-refractivity contribution in [3.05, 3.63) is 102 Å². The van der Waals surface area contributed by atoms with Gasteiger partial charge in [0, 0.05) is 48.2 Å². The molecule has 318 valence electrons. The number of non-ortho nitro benzene ring substituents is 2. The number of hydrogen-bond donors (Lipinski definition) is 2. The molecule has 0 fully saturated rings. The molecule has 2 N–H and O–H groups in total. The summed E-state index contributed by atoms with van der Waals surface area (Å²) in [6, 6.07) is 10.2. The van der Waals surface area contributed by atoms with Gasteiger partial charge in [-0.15, -0.1) is 0 Å². The van der Waals surface area contributed by atoms with Crippen LogP contribution in [-0.2, 0) is 28.5 Å². The molecular formula is C40H44N6O14. The maximum atomic E-state index is 13.4. The average Bonchev–Trinajstić information content (AvgIpc) is 3.66. The predicted octanol–water partition coefficient (Wildman–Crippen LogP) is 6.16. The number of nitro groups is 2. The lowest BCUT2D eigenvalue weighted by Crippen LogP contribution is -2.26. The standard InChI is InChI=1S/C40H44N6O14/c1-7-57-37(49)31-23(5)43(35(33(31)39(51)59-9-3)25-15-19-27(20-16-25)45(53)54)41-29(47)13-11-12-14-30(48)42-44-24(6)32(38(50)58-8-2)34(40(52)60-10-4)36(44)26-17-21-28(22-18-26)46(55)56/h15-22H,7-14H2,1-6H3,(H,41,47)(H,42,48). The summed E-state index contributed by atoms with van der Waals surface area (Å²) in [5.74, 6) is -4.68. The molecule has 2 amide bonds. The van der Waals surface area contributed by atoms with Gasteiger partial charge in [-0.1, -0.05) is 0 Å². The fourth-order valence-electron chi connectivity index (χ4n) is 6.33. The first-order valence-electron chi connectivity index (χ1n) is 18.9. The van der Waals surface area contributed by atoms with Gasteiger partial charge >= 0.3 is 23.9 Å². The number of esters is 4. The van der Waals surface area contributed by atoms with Gasteiger partial charge in [0.2, 0.25) is 11.8 Å². The van der Waals surface area contributed by atoms with E-state index in [9.17, 15) is 49.0 Å². The quantitative estimate of drug-likeness (QED) is 0.0352. The van der Waals surface area contributed by atoms with E-state index < -0.39 is 45.5 Å². The lowest BCUT2D eigenvalue weighted by Gasteiger charge is -2.15. The summed E-state index contributed by atoms with van der Waals surface area (Å²) in [6.07, 6.45) is 0.0171. The highest BCUT2D eigenvalue weighted by Gasteiger charge is 2.35. The van der Waals surface area contributed by atoms with Crippen LogP contribution in [0, 0.1) is 34.1 Å². The Morgan fingerprint density at radius 3 is 1.07 bits per heavy atom. The third kappa shape index (κ3) is 10.0. The second-order valence-electron chi connectivity index (χ2n) is 12.8. The van der Waals surface area contributed by atoms with E-state index in [0.717, 1.165) is 0 Å². The second kappa shape index (κ2) is 20.4. The zero-order valence-electron chi connectivity index (χ0n) is 33.8. The van der Waals surface area contributed by atoms with Gasteiger partial charge in [-0.3, -0.25) is 50.0 Å². The van der Waals surface area contributed by atoms with Gasteiger partial charge in [0.1, 0.15) is 11.1 Å². The number of aromatic nitrogens is 2. The summed E-state index contributed by atoms with van der Waals surface area (Å²) < 4.78 is 23.4. The summed E-state index contributed by atoms with van der Waals surface area (Å²) in [6.45, 7) is 9.08. The highest BCUT2D eigenvalue weighted by atomic mass is 16.6. The van der Waals surface area contributed by atoms with Gasteiger partial charge in [-0.2, -0.15) is 0 Å². The topological polar surface area (TPSA) is 260 Å². The van der Waals surface area contributed by atoms with Crippen LogP contribution >= 0.6 is 0 Å². The lowest BCUT2D eigenvalue weighted by atomic mass is 10.0. The maximum absolute atomic E-state index is 13.4. The largest absolute Gasteiger partial charge is 0.462 e. The molecule has 0 saturated carbocycles. The van der Waals surface area contributed by atoms with Crippen molar-refractivity contribution >= 4 is 47.1 Å². The minimum atomic E-state index is -0.894. The molecule has 4 aromatic rings. The van der Waals surface area contributed by atoms with Crippen LogP contribution < -0.4 is 10.9 Å². The summed E-state index contributed by atoms with van der Waals surface area (Å²) in [5.41, 5.74) is 4.87. The van der Waals surface area contributed by atoms with Crippen LogP contribution in [0.2, 0.25) is 0 Å². The minimum absolute atomic E-state index is 0.0203. The molecule has 2 heterocycles. The van der Waals surface area contributed by atoms with Crippen molar-refractivity contribution < 1.29 is 57.6 Å². The first-order chi connectivity index (χ1) is 28.6. The minimum Gasteiger partial charge on any atom is -0.462 e. The Labute approximate surface area is 343 Å². The van der Waals surface area contributed by atoms with E-state index >= 15 is 0 Å². The lowest BCUT2D eigenvalue weighted by molar-refractivity contribution is -0.385. The molecule has 0 aliphatic heterocycles. The third-order valence-corrected chi connectivity index (χ3v) is 8.97. The van der Waals surface area contributed by atoms with Crippen LogP contribution in [0.5, 0.6) is 0 Å². The van der Waals surface area contributed by atoms with E-state index in [4.69, 9.17) is 18.9 Å². The molecule has 0 aliphatic rings. The molecule has 2 aromatic heterocycles. The van der Waals surface area contributed by atoms with Crippen molar-refractivity contribution in [1.29, 1.82) is 0 Å². The van der Waals surface area contributed by atoms with E-state index in [-0.39, 0.29) is 120 Å². The molecular weight excluding hydrogens is 788 g/mol. The number of carbonyl (C=O) groups excluding carboxylic acids is 6. The predicted molar refractivity (Wildman–Crippen MR) is 214 cm³/mol. The Morgan fingerprint density at radius 2 is 0.800 bits per heavy atom. The number of unbranched alkanes of at least 4 members (excludes halogenated alkanes) is 1. The van der Waals surface area contributed by atoms with E-state index in [0.29, 0.717) is 0 Å². The van der Waals surface area contributed by atoms with Crippen molar-refractivity contribution in [2.24, 2.45) is 0 Å². The van der Waals surface area contributed by atoms with E-state index in [2.05, 4.69) is 10.9 Å². The number of ether oxygens (including phenoxy) is 4. The van der Waals surface area contributed by atoms with Gasteiger partial charge in [0.15, 0.2) is 0 Å². The van der Waals surface area contributed by atoms with Gasteiger partial charge in [-0.05, 0) is 78.6 Å². The molecule has 20 heteroatoms. The van der Waals surface area contributed by atoms with Crippen LogP contribution in [0.1, 0.15) is 106 Å². The van der Waals surface area contributed by atoms with Crippen molar-refractivity contribution in [2.75, 3.05) is 37.3 Å². The summed E-state index contributed by atoms with van der Waals surface area (Å²) in [5, 5.41) is 22.7. The molecule has 0 atom stereocenters. The average molecular weight is 833 g/mol. The fraction of sp³-hybridized carbons (Fsp3) is 0.350. The molecule has 2 aromatic carbocycles. The Kier molecular flexibility index (Phi) is 15.4. The highest BCUT2D eigenvalue weighted by Crippen LogP contribution is 2.35. The number of nitrogens with one attached hydrogen (secondary N) is 2. The van der Waals surface area contributed by atoms with Gasteiger partial charge in [0.05, 0.1) is 70.2 Å².